The summed E-state index contributed by atoms with van der Waals surface area (Å²) in [6, 6.07) is 14.0. The third kappa shape index (κ3) is 4.74. The fourth-order valence-electron chi connectivity index (χ4n) is 2.06. The maximum atomic E-state index is 11.8. The standard InChI is InChI=1S/C18H21N3O/c1-13-4-7-16(8-5-13)11-20-21-18(22)12-19-17-9-6-14(2)10-15(17)3/h4-11,19H,12H2,1-3H3,(H,21,22). The number of nitrogens with zero attached hydrogens (tertiary/aromatic N) is 1. The Kier molecular flexibility index (Phi) is 5.31. The fourth-order valence-corrected chi connectivity index (χ4v) is 2.06. The molecule has 0 heterocycles. The molecule has 0 spiro atoms. The Labute approximate surface area is 131 Å². The Morgan fingerprint density at radius 1 is 1.05 bits per heavy atom. The highest BCUT2D eigenvalue weighted by molar-refractivity contribution is 5.84. The van der Waals surface area contributed by atoms with Crippen LogP contribution in [0.2, 0.25) is 0 Å². The molecule has 0 aliphatic rings. The lowest BCUT2D eigenvalue weighted by atomic mass is 10.1. The molecule has 2 aromatic carbocycles. The van der Waals surface area contributed by atoms with Gasteiger partial charge in [-0.3, -0.25) is 4.79 Å². The van der Waals surface area contributed by atoms with Gasteiger partial charge in [0.2, 0.25) is 0 Å². The van der Waals surface area contributed by atoms with Crippen molar-refractivity contribution in [1.29, 1.82) is 0 Å². The minimum atomic E-state index is -0.177. The average molecular weight is 295 g/mol. The molecule has 0 saturated heterocycles. The van der Waals surface area contributed by atoms with Gasteiger partial charge in [0.1, 0.15) is 0 Å². The monoisotopic (exact) mass is 295 g/mol. The zero-order chi connectivity index (χ0) is 15.9. The number of hydrogen-bond donors (Lipinski definition) is 2. The van der Waals surface area contributed by atoms with Gasteiger partial charge in [0.25, 0.3) is 5.91 Å². The summed E-state index contributed by atoms with van der Waals surface area (Å²) < 4.78 is 0. The maximum Gasteiger partial charge on any atom is 0.259 e. The van der Waals surface area contributed by atoms with Crippen molar-refractivity contribution in [2.45, 2.75) is 20.8 Å². The van der Waals surface area contributed by atoms with Gasteiger partial charge in [0.15, 0.2) is 0 Å². The van der Waals surface area contributed by atoms with Crippen molar-refractivity contribution in [3.05, 3.63) is 64.7 Å². The van der Waals surface area contributed by atoms with Crippen molar-refractivity contribution < 1.29 is 4.79 Å². The van der Waals surface area contributed by atoms with E-state index in [2.05, 4.69) is 21.9 Å². The van der Waals surface area contributed by atoms with Gasteiger partial charge < -0.3 is 5.32 Å². The van der Waals surface area contributed by atoms with Crippen LogP contribution in [0.4, 0.5) is 5.69 Å². The zero-order valence-electron chi connectivity index (χ0n) is 13.2. The molecule has 0 atom stereocenters. The number of carbonyl (C=O) groups is 1. The molecular formula is C18H21N3O. The first kappa shape index (κ1) is 15.8. The van der Waals surface area contributed by atoms with E-state index in [9.17, 15) is 4.79 Å². The average Bonchev–Trinajstić information content (AvgIpc) is 2.48. The van der Waals surface area contributed by atoms with Crippen LogP contribution in [-0.2, 0) is 4.79 Å². The quantitative estimate of drug-likeness (QED) is 0.657. The van der Waals surface area contributed by atoms with Gasteiger partial charge in [-0.05, 0) is 38.0 Å². The van der Waals surface area contributed by atoms with E-state index >= 15 is 0 Å². The van der Waals surface area contributed by atoms with E-state index in [1.165, 1.54) is 11.1 Å². The fraction of sp³-hybridized carbons (Fsp3) is 0.222. The summed E-state index contributed by atoms with van der Waals surface area (Å²) in [6.07, 6.45) is 1.63. The van der Waals surface area contributed by atoms with Crippen LogP contribution in [0, 0.1) is 20.8 Å². The second-order valence-electron chi connectivity index (χ2n) is 5.38. The van der Waals surface area contributed by atoms with Gasteiger partial charge in [-0.15, -0.1) is 0 Å². The molecule has 0 bridgehead atoms. The molecule has 0 aromatic heterocycles. The number of carbonyl (C=O) groups excluding carboxylic acids is 1. The minimum absolute atomic E-state index is 0.177. The number of rotatable bonds is 5. The van der Waals surface area contributed by atoms with Crippen LogP contribution < -0.4 is 10.7 Å². The smallest absolute Gasteiger partial charge is 0.259 e. The molecule has 4 heteroatoms. The van der Waals surface area contributed by atoms with E-state index in [1.807, 2.05) is 57.2 Å². The van der Waals surface area contributed by atoms with Crippen LogP contribution in [0.1, 0.15) is 22.3 Å². The number of amides is 1. The van der Waals surface area contributed by atoms with Gasteiger partial charge in [0, 0.05) is 5.69 Å². The van der Waals surface area contributed by atoms with Gasteiger partial charge in [-0.25, -0.2) is 5.43 Å². The van der Waals surface area contributed by atoms with Crippen LogP contribution in [-0.4, -0.2) is 18.7 Å². The molecule has 2 N–H and O–H groups in total. The lowest BCUT2D eigenvalue weighted by Crippen LogP contribution is -2.26. The number of hydrazone groups is 1. The van der Waals surface area contributed by atoms with Crippen LogP contribution >= 0.6 is 0 Å². The lowest BCUT2D eigenvalue weighted by molar-refractivity contribution is -0.119. The Morgan fingerprint density at radius 3 is 2.41 bits per heavy atom. The van der Waals surface area contributed by atoms with E-state index in [-0.39, 0.29) is 12.5 Å². The van der Waals surface area contributed by atoms with Crippen molar-refractivity contribution in [2.24, 2.45) is 5.10 Å². The number of hydrogen-bond acceptors (Lipinski definition) is 3. The lowest BCUT2D eigenvalue weighted by Gasteiger charge is -2.09. The molecular weight excluding hydrogens is 274 g/mol. The highest BCUT2D eigenvalue weighted by Crippen LogP contribution is 2.15. The summed E-state index contributed by atoms with van der Waals surface area (Å²) in [5, 5.41) is 7.07. The van der Waals surface area contributed by atoms with E-state index in [4.69, 9.17) is 0 Å². The summed E-state index contributed by atoms with van der Waals surface area (Å²) in [6.45, 7) is 6.28. The molecule has 114 valence electrons. The molecule has 0 fully saturated rings. The van der Waals surface area contributed by atoms with Gasteiger partial charge in [-0.2, -0.15) is 5.10 Å². The third-order valence-electron chi connectivity index (χ3n) is 3.30. The van der Waals surface area contributed by atoms with E-state index < -0.39 is 0 Å². The van der Waals surface area contributed by atoms with Crippen molar-refractivity contribution in [3.63, 3.8) is 0 Å². The second-order valence-corrected chi connectivity index (χ2v) is 5.38. The van der Waals surface area contributed by atoms with Gasteiger partial charge >= 0.3 is 0 Å². The first-order valence-electron chi connectivity index (χ1n) is 7.24. The first-order valence-corrected chi connectivity index (χ1v) is 7.24. The number of nitrogens with one attached hydrogen (secondary N) is 2. The first-order chi connectivity index (χ1) is 10.5. The van der Waals surface area contributed by atoms with Gasteiger partial charge in [0.05, 0.1) is 12.8 Å². The van der Waals surface area contributed by atoms with Crippen LogP contribution in [0.5, 0.6) is 0 Å². The summed E-state index contributed by atoms with van der Waals surface area (Å²) >= 11 is 0. The molecule has 0 radical (unpaired) electrons. The van der Waals surface area contributed by atoms with E-state index in [0.29, 0.717) is 0 Å². The minimum Gasteiger partial charge on any atom is -0.376 e. The predicted molar refractivity (Wildman–Crippen MR) is 91.3 cm³/mol. The van der Waals surface area contributed by atoms with E-state index in [0.717, 1.165) is 16.8 Å². The van der Waals surface area contributed by atoms with Crippen molar-refractivity contribution in [1.82, 2.24) is 5.43 Å². The summed E-state index contributed by atoms with van der Waals surface area (Å²) in [5.41, 5.74) is 7.95. The molecule has 0 aliphatic heterocycles. The topological polar surface area (TPSA) is 53.5 Å². The summed E-state index contributed by atoms with van der Waals surface area (Å²) in [4.78, 5) is 11.8. The third-order valence-corrected chi connectivity index (χ3v) is 3.30. The Hall–Kier alpha value is -2.62. The highest BCUT2D eigenvalue weighted by Gasteiger charge is 2.02. The van der Waals surface area contributed by atoms with Crippen molar-refractivity contribution in [2.75, 3.05) is 11.9 Å². The Balaban J connectivity index is 1.81. The molecule has 1 amide bonds. The molecule has 4 nitrogen and oxygen atoms in total. The predicted octanol–water partition coefficient (Wildman–Crippen LogP) is 3.17. The molecule has 22 heavy (non-hydrogen) atoms. The SMILES string of the molecule is Cc1ccc(C=NNC(=O)CNc2ccc(C)cc2C)cc1. The van der Waals surface area contributed by atoms with Crippen molar-refractivity contribution >= 4 is 17.8 Å². The number of benzene rings is 2. The largest absolute Gasteiger partial charge is 0.376 e. The van der Waals surface area contributed by atoms with Crippen molar-refractivity contribution in [3.8, 4) is 0 Å². The molecule has 2 rings (SSSR count). The number of aryl methyl sites for hydroxylation is 3. The molecule has 0 unspecified atom stereocenters. The molecule has 0 aliphatic carbocycles. The van der Waals surface area contributed by atoms with Gasteiger partial charge in [-0.1, -0.05) is 47.5 Å². The Morgan fingerprint density at radius 2 is 1.73 bits per heavy atom. The number of anilines is 1. The Bertz CT molecular complexity index is 675. The second kappa shape index (κ2) is 7.41. The summed E-state index contributed by atoms with van der Waals surface area (Å²) in [5.74, 6) is -0.177. The zero-order valence-corrected chi connectivity index (χ0v) is 13.2. The molecule has 0 saturated carbocycles. The normalized spacial score (nSPS) is 10.7. The van der Waals surface area contributed by atoms with E-state index in [1.54, 1.807) is 6.21 Å². The van der Waals surface area contributed by atoms with Crippen LogP contribution in [0.15, 0.2) is 47.6 Å². The summed E-state index contributed by atoms with van der Waals surface area (Å²) in [7, 11) is 0. The maximum absolute atomic E-state index is 11.8. The van der Waals surface area contributed by atoms with Crippen LogP contribution in [0.3, 0.4) is 0 Å². The highest BCUT2D eigenvalue weighted by atomic mass is 16.2. The molecule has 2 aromatic rings. The van der Waals surface area contributed by atoms with Crippen LogP contribution in [0.25, 0.3) is 0 Å².